The van der Waals surface area contributed by atoms with Crippen LogP contribution in [0.15, 0.2) is 60.7 Å². The van der Waals surface area contributed by atoms with Crippen LogP contribution in [0.1, 0.15) is 43.0 Å². The standard InChI is InChI=1S/C24H24N2O/c1-16-20-13-12-19-22(17-8-4-2-5-9-17)25-26-23(19)24(20,15-14-21(16)27)18-10-6-3-7-11-18/h2-11,16,20H,12-15H2,1H3,(H,25,26)/t16-,20-,24+/m0/s1. The van der Waals surface area contributed by atoms with Crippen LogP contribution >= 0.6 is 0 Å². The van der Waals surface area contributed by atoms with Crippen molar-refractivity contribution in [2.75, 3.05) is 0 Å². The third-order valence-electron chi connectivity index (χ3n) is 6.86. The topological polar surface area (TPSA) is 45.8 Å². The van der Waals surface area contributed by atoms with Crippen LogP contribution in [0.5, 0.6) is 0 Å². The van der Waals surface area contributed by atoms with Crippen LogP contribution in [-0.4, -0.2) is 16.0 Å². The van der Waals surface area contributed by atoms with Gasteiger partial charge in [-0.2, -0.15) is 5.10 Å². The number of nitrogens with one attached hydrogen (secondary N) is 1. The van der Waals surface area contributed by atoms with Crippen molar-refractivity contribution in [3.63, 3.8) is 0 Å². The third kappa shape index (κ3) is 2.34. The zero-order valence-electron chi connectivity index (χ0n) is 15.6. The average molecular weight is 356 g/mol. The van der Waals surface area contributed by atoms with Gasteiger partial charge < -0.3 is 0 Å². The lowest BCUT2D eigenvalue weighted by Crippen LogP contribution is -2.49. The van der Waals surface area contributed by atoms with E-state index in [1.165, 1.54) is 22.4 Å². The Labute approximate surface area is 159 Å². The molecule has 1 heterocycles. The SMILES string of the molecule is C[C@@H]1C(=O)CC[C@]2(c3ccccc3)c3n[nH]c(-c4ccccc4)c3CC[C@@H]12. The summed E-state index contributed by atoms with van der Waals surface area (Å²) >= 11 is 0. The summed E-state index contributed by atoms with van der Waals surface area (Å²) in [6, 6.07) is 21.2. The maximum Gasteiger partial charge on any atom is 0.136 e. The number of H-pyrrole nitrogens is 1. The summed E-state index contributed by atoms with van der Waals surface area (Å²) < 4.78 is 0. The quantitative estimate of drug-likeness (QED) is 0.708. The molecule has 2 aromatic carbocycles. The zero-order valence-corrected chi connectivity index (χ0v) is 15.6. The highest BCUT2D eigenvalue weighted by molar-refractivity contribution is 5.83. The Kier molecular flexibility index (Phi) is 3.78. The Morgan fingerprint density at radius 1 is 1.00 bits per heavy atom. The molecule has 2 aliphatic rings. The van der Waals surface area contributed by atoms with Gasteiger partial charge in [-0.05, 0) is 36.3 Å². The number of benzene rings is 2. The van der Waals surface area contributed by atoms with Crippen molar-refractivity contribution in [2.24, 2.45) is 11.8 Å². The third-order valence-corrected chi connectivity index (χ3v) is 6.86. The summed E-state index contributed by atoms with van der Waals surface area (Å²) in [7, 11) is 0. The molecule has 0 radical (unpaired) electrons. The normalized spacial score (nSPS) is 27.1. The number of Topliss-reactive ketones (excluding diaryl/α,β-unsaturated/α-hetero) is 1. The molecule has 3 aromatic rings. The van der Waals surface area contributed by atoms with Crippen LogP contribution in [0.25, 0.3) is 11.3 Å². The van der Waals surface area contributed by atoms with Crippen LogP contribution in [0, 0.1) is 11.8 Å². The number of hydrogen-bond donors (Lipinski definition) is 1. The van der Waals surface area contributed by atoms with E-state index in [4.69, 9.17) is 5.10 Å². The highest BCUT2D eigenvalue weighted by atomic mass is 16.1. The van der Waals surface area contributed by atoms with Gasteiger partial charge in [0.2, 0.25) is 0 Å². The highest BCUT2D eigenvalue weighted by Gasteiger charge is 2.53. The monoisotopic (exact) mass is 356 g/mol. The van der Waals surface area contributed by atoms with Crippen molar-refractivity contribution in [3.05, 3.63) is 77.5 Å². The van der Waals surface area contributed by atoms with Gasteiger partial charge in [0.1, 0.15) is 5.78 Å². The van der Waals surface area contributed by atoms with Crippen molar-refractivity contribution in [3.8, 4) is 11.3 Å². The number of carbonyl (C=O) groups excluding carboxylic acids is 1. The van der Waals surface area contributed by atoms with E-state index in [0.717, 1.165) is 25.0 Å². The van der Waals surface area contributed by atoms with E-state index in [1.54, 1.807) is 0 Å². The Bertz CT molecular complexity index is 976. The lowest BCUT2D eigenvalue weighted by atomic mass is 9.53. The molecule has 0 unspecified atom stereocenters. The summed E-state index contributed by atoms with van der Waals surface area (Å²) in [4.78, 5) is 12.5. The summed E-state index contributed by atoms with van der Waals surface area (Å²) in [6.45, 7) is 2.12. The van der Waals surface area contributed by atoms with Crippen molar-refractivity contribution >= 4 is 5.78 Å². The number of carbonyl (C=O) groups is 1. The largest absolute Gasteiger partial charge is 0.299 e. The van der Waals surface area contributed by atoms with Crippen LogP contribution in [-0.2, 0) is 16.6 Å². The smallest absolute Gasteiger partial charge is 0.136 e. The van der Waals surface area contributed by atoms with E-state index in [9.17, 15) is 4.79 Å². The molecule has 3 heteroatoms. The second kappa shape index (κ2) is 6.19. The summed E-state index contributed by atoms with van der Waals surface area (Å²) in [6.07, 6.45) is 3.51. The molecular formula is C24H24N2O. The molecule has 0 bridgehead atoms. The van der Waals surface area contributed by atoms with Gasteiger partial charge in [-0.3, -0.25) is 9.89 Å². The number of aromatic nitrogens is 2. The first kappa shape index (κ1) is 16.5. The van der Waals surface area contributed by atoms with Gasteiger partial charge in [-0.25, -0.2) is 0 Å². The summed E-state index contributed by atoms with van der Waals surface area (Å²) in [5, 5.41) is 8.24. The molecule has 0 saturated heterocycles. The van der Waals surface area contributed by atoms with Crippen LogP contribution in [0.2, 0.25) is 0 Å². The molecule has 136 valence electrons. The van der Waals surface area contributed by atoms with Gasteiger partial charge in [0.15, 0.2) is 0 Å². The number of nitrogens with zero attached hydrogens (tertiary/aromatic N) is 1. The molecule has 27 heavy (non-hydrogen) atoms. The predicted octanol–water partition coefficient (Wildman–Crippen LogP) is 4.92. The van der Waals surface area contributed by atoms with Crippen molar-refractivity contribution < 1.29 is 4.79 Å². The molecule has 3 nitrogen and oxygen atoms in total. The Hall–Kier alpha value is -2.68. The van der Waals surface area contributed by atoms with Crippen molar-refractivity contribution in [2.45, 2.75) is 38.0 Å². The Morgan fingerprint density at radius 2 is 1.70 bits per heavy atom. The number of fused-ring (bicyclic) bond motifs is 3. The van der Waals surface area contributed by atoms with Crippen LogP contribution in [0.3, 0.4) is 0 Å². The van der Waals surface area contributed by atoms with Gasteiger partial charge in [0.25, 0.3) is 0 Å². The summed E-state index contributed by atoms with van der Waals surface area (Å²) in [5.41, 5.74) is 5.98. The van der Waals surface area contributed by atoms with E-state index < -0.39 is 0 Å². The van der Waals surface area contributed by atoms with E-state index in [2.05, 4.69) is 66.6 Å². The minimum absolute atomic E-state index is 0.0870. The maximum absolute atomic E-state index is 12.5. The molecule has 0 amide bonds. The molecule has 1 N–H and O–H groups in total. The van der Waals surface area contributed by atoms with Crippen molar-refractivity contribution in [1.29, 1.82) is 0 Å². The molecule has 2 aliphatic carbocycles. The lowest BCUT2D eigenvalue weighted by molar-refractivity contribution is -0.128. The summed E-state index contributed by atoms with van der Waals surface area (Å²) in [5.74, 6) is 0.818. The molecule has 0 spiro atoms. The van der Waals surface area contributed by atoms with Crippen LogP contribution in [0.4, 0.5) is 0 Å². The number of hydrogen-bond acceptors (Lipinski definition) is 2. The molecule has 3 atom stereocenters. The number of aromatic amines is 1. The van der Waals surface area contributed by atoms with E-state index >= 15 is 0 Å². The van der Waals surface area contributed by atoms with Gasteiger partial charge in [-0.1, -0.05) is 67.6 Å². The van der Waals surface area contributed by atoms with Gasteiger partial charge >= 0.3 is 0 Å². The number of rotatable bonds is 2. The molecule has 5 rings (SSSR count). The number of ketones is 1. The minimum atomic E-state index is -0.161. The maximum atomic E-state index is 12.5. The fourth-order valence-electron chi connectivity index (χ4n) is 5.53. The Balaban J connectivity index is 1.73. The first-order valence-corrected chi connectivity index (χ1v) is 9.93. The van der Waals surface area contributed by atoms with Crippen molar-refractivity contribution in [1.82, 2.24) is 10.2 Å². The Morgan fingerprint density at radius 3 is 2.44 bits per heavy atom. The van der Waals surface area contributed by atoms with Crippen LogP contribution < -0.4 is 0 Å². The second-order valence-electron chi connectivity index (χ2n) is 8.03. The first-order valence-electron chi connectivity index (χ1n) is 9.93. The molecule has 1 fully saturated rings. The van der Waals surface area contributed by atoms with Gasteiger partial charge in [0.05, 0.1) is 11.4 Å². The van der Waals surface area contributed by atoms with E-state index in [0.29, 0.717) is 18.1 Å². The fourth-order valence-corrected chi connectivity index (χ4v) is 5.53. The first-order chi connectivity index (χ1) is 13.2. The van der Waals surface area contributed by atoms with Gasteiger partial charge in [-0.15, -0.1) is 0 Å². The fraction of sp³-hybridized carbons (Fsp3) is 0.333. The minimum Gasteiger partial charge on any atom is -0.299 e. The zero-order chi connectivity index (χ0) is 18.4. The predicted molar refractivity (Wildman–Crippen MR) is 106 cm³/mol. The highest BCUT2D eigenvalue weighted by Crippen LogP contribution is 2.55. The van der Waals surface area contributed by atoms with Gasteiger partial charge in [0, 0.05) is 23.3 Å². The molecule has 1 aromatic heterocycles. The lowest BCUT2D eigenvalue weighted by Gasteiger charge is -2.49. The van der Waals surface area contributed by atoms with E-state index in [-0.39, 0.29) is 11.3 Å². The average Bonchev–Trinajstić information content (AvgIpc) is 3.17. The molecule has 1 saturated carbocycles. The molecule has 0 aliphatic heterocycles. The van der Waals surface area contributed by atoms with E-state index in [1.807, 2.05) is 6.07 Å². The molecular weight excluding hydrogens is 332 g/mol. The second-order valence-corrected chi connectivity index (χ2v) is 8.03.